The van der Waals surface area contributed by atoms with Crippen molar-refractivity contribution in [3.63, 3.8) is 0 Å². The highest BCUT2D eigenvalue weighted by Gasteiger charge is 2.51. The van der Waals surface area contributed by atoms with Crippen LogP contribution >= 0.6 is 0 Å². The number of ether oxygens (including phenoxy) is 2. The molecule has 0 unspecified atom stereocenters. The first-order chi connectivity index (χ1) is 11.2. The number of hydrogen-bond acceptors (Lipinski definition) is 3. The summed E-state index contributed by atoms with van der Waals surface area (Å²) < 4.78 is 10.9. The fraction of sp³-hybridized carbons (Fsp3) is 0.571. The van der Waals surface area contributed by atoms with Crippen LogP contribution in [-0.4, -0.2) is 19.2 Å². The normalized spacial score (nSPS) is 31.1. The molecule has 3 atom stereocenters. The van der Waals surface area contributed by atoms with E-state index in [1.54, 1.807) is 7.11 Å². The fourth-order valence-corrected chi connectivity index (χ4v) is 5.11. The molecule has 0 aliphatic heterocycles. The van der Waals surface area contributed by atoms with Gasteiger partial charge in [-0.05, 0) is 41.4 Å². The van der Waals surface area contributed by atoms with Crippen LogP contribution in [-0.2, 0) is 14.9 Å². The maximum Gasteiger partial charge on any atom is 0.302 e. The van der Waals surface area contributed by atoms with Crippen LogP contribution in [0, 0.1) is 11.3 Å². The minimum absolute atomic E-state index is 0.00733. The monoisotopic (exact) mass is 328 g/mol. The number of hydrogen-bond donors (Lipinski definition) is 0. The molecule has 0 heterocycles. The van der Waals surface area contributed by atoms with E-state index in [1.165, 1.54) is 18.1 Å². The minimum atomic E-state index is -0.172. The fourth-order valence-electron chi connectivity index (χ4n) is 5.11. The Labute approximate surface area is 145 Å². The molecule has 0 radical (unpaired) electrons. The average Bonchev–Trinajstić information content (AvgIpc) is 2.89. The lowest BCUT2D eigenvalue weighted by Crippen LogP contribution is -2.45. The standard InChI is InChI=1S/C21H28O3/c1-14(22)24-18-11-6-15-12-21(4,13-20(2,3)19(15)18)16-7-9-17(23-5)10-8-16/h6-10,18-19H,11-13H2,1-5H3/t18-,19-,21+/m0/s1. The van der Waals surface area contributed by atoms with Crippen LogP contribution < -0.4 is 4.74 Å². The molecule has 0 spiro atoms. The van der Waals surface area contributed by atoms with E-state index in [-0.39, 0.29) is 22.9 Å². The predicted molar refractivity (Wildman–Crippen MR) is 95.1 cm³/mol. The van der Waals surface area contributed by atoms with Gasteiger partial charge in [0.1, 0.15) is 11.9 Å². The van der Waals surface area contributed by atoms with E-state index in [9.17, 15) is 4.79 Å². The number of esters is 1. The van der Waals surface area contributed by atoms with Crippen LogP contribution in [0.3, 0.4) is 0 Å². The van der Waals surface area contributed by atoms with Crippen molar-refractivity contribution in [1.29, 1.82) is 0 Å². The molecule has 1 saturated carbocycles. The average molecular weight is 328 g/mol. The zero-order valence-electron chi connectivity index (χ0n) is 15.4. The summed E-state index contributed by atoms with van der Waals surface area (Å²) in [6.45, 7) is 8.49. The van der Waals surface area contributed by atoms with E-state index >= 15 is 0 Å². The maximum atomic E-state index is 11.4. The largest absolute Gasteiger partial charge is 0.497 e. The number of carbonyl (C=O) groups excluding carboxylic acids is 1. The van der Waals surface area contributed by atoms with Crippen molar-refractivity contribution in [1.82, 2.24) is 0 Å². The third-order valence-corrected chi connectivity index (χ3v) is 5.77. The molecule has 0 amide bonds. The van der Waals surface area contributed by atoms with Gasteiger partial charge in [-0.1, -0.05) is 44.6 Å². The van der Waals surface area contributed by atoms with Crippen molar-refractivity contribution in [2.45, 2.75) is 58.5 Å². The SMILES string of the molecule is COc1ccc([C@]2(C)CC3=CC[C@H](OC(C)=O)[C@H]3C(C)(C)C2)cc1. The topological polar surface area (TPSA) is 35.5 Å². The molecular weight excluding hydrogens is 300 g/mol. The van der Waals surface area contributed by atoms with Gasteiger partial charge in [-0.2, -0.15) is 0 Å². The lowest BCUT2D eigenvalue weighted by molar-refractivity contribution is -0.150. The highest BCUT2D eigenvalue weighted by atomic mass is 16.5. The van der Waals surface area contributed by atoms with Crippen LogP contribution in [0.4, 0.5) is 0 Å². The zero-order valence-corrected chi connectivity index (χ0v) is 15.4. The van der Waals surface area contributed by atoms with Crippen molar-refractivity contribution in [3.8, 4) is 5.75 Å². The number of fused-ring (bicyclic) bond motifs is 1. The molecule has 3 rings (SSSR count). The Hall–Kier alpha value is -1.77. The first kappa shape index (κ1) is 17.1. The number of benzene rings is 1. The molecule has 1 aromatic carbocycles. The van der Waals surface area contributed by atoms with Gasteiger partial charge < -0.3 is 9.47 Å². The molecule has 0 aromatic heterocycles. The summed E-state index contributed by atoms with van der Waals surface area (Å²) in [4.78, 5) is 11.4. The Bertz CT molecular complexity index is 656. The Morgan fingerprint density at radius 3 is 2.42 bits per heavy atom. The van der Waals surface area contributed by atoms with Crippen LogP contribution in [0.25, 0.3) is 0 Å². The van der Waals surface area contributed by atoms with Crippen molar-refractivity contribution >= 4 is 5.97 Å². The highest BCUT2D eigenvalue weighted by Crippen LogP contribution is 2.57. The summed E-state index contributed by atoms with van der Waals surface area (Å²) in [7, 11) is 1.70. The second-order valence-electron chi connectivity index (χ2n) is 8.27. The third-order valence-electron chi connectivity index (χ3n) is 5.77. The van der Waals surface area contributed by atoms with E-state index in [4.69, 9.17) is 9.47 Å². The summed E-state index contributed by atoms with van der Waals surface area (Å²) in [6, 6.07) is 8.47. The molecule has 0 bridgehead atoms. The molecule has 2 aliphatic carbocycles. The van der Waals surface area contributed by atoms with E-state index in [2.05, 4.69) is 39.0 Å². The number of methoxy groups -OCH3 is 1. The first-order valence-corrected chi connectivity index (χ1v) is 8.76. The highest BCUT2D eigenvalue weighted by molar-refractivity contribution is 5.66. The maximum absolute atomic E-state index is 11.4. The van der Waals surface area contributed by atoms with Crippen molar-refractivity contribution in [3.05, 3.63) is 41.5 Å². The molecule has 3 nitrogen and oxygen atoms in total. The van der Waals surface area contributed by atoms with Gasteiger partial charge in [-0.3, -0.25) is 4.79 Å². The molecule has 3 heteroatoms. The first-order valence-electron chi connectivity index (χ1n) is 8.76. The van der Waals surface area contributed by atoms with E-state index in [1.807, 2.05) is 12.1 Å². The second-order valence-corrected chi connectivity index (χ2v) is 8.27. The molecule has 130 valence electrons. The molecule has 1 fully saturated rings. The van der Waals surface area contributed by atoms with Gasteiger partial charge >= 0.3 is 5.97 Å². The lowest BCUT2D eigenvalue weighted by Gasteiger charge is -2.49. The predicted octanol–water partition coefficient (Wildman–Crippen LogP) is 4.65. The minimum Gasteiger partial charge on any atom is -0.497 e. The van der Waals surface area contributed by atoms with E-state index in [0.29, 0.717) is 5.92 Å². The summed E-state index contributed by atoms with van der Waals surface area (Å²) in [6.07, 6.45) is 5.27. The van der Waals surface area contributed by atoms with E-state index in [0.717, 1.165) is 25.0 Å². The molecule has 1 aromatic rings. The van der Waals surface area contributed by atoms with Gasteiger partial charge in [0.05, 0.1) is 7.11 Å². The van der Waals surface area contributed by atoms with Crippen molar-refractivity contribution < 1.29 is 14.3 Å². The van der Waals surface area contributed by atoms with Gasteiger partial charge in [0.15, 0.2) is 0 Å². The number of carbonyl (C=O) groups is 1. The summed E-state index contributed by atoms with van der Waals surface area (Å²) in [5.74, 6) is 1.06. The molecule has 2 aliphatic rings. The smallest absolute Gasteiger partial charge is 0.302 e. The Morgan fingerprint density at radius 2 is 1.83 bits per heavy atom. The van der Waals surface area contributed by atoms with Crippen LogP contribution in [0.1, 0.15) is 52.5 Å². The van der Waals surface area contributed by atoms with Crippen molar-refractivity contribution in [2.75, 3.05) is 7.11 Å². The van der Waals surface area contributed by atoms with Gasteiger partial charge in [0.2, 0.25) is 0 Å². The van der Waals surface area contributed by atoms with Crippen LogP contribution in [0.5, 0.6) is 5.75 Å². The number of rotatable bonds is 3. The summed E-state index contributed by atoms with van der Waals surface area (Å²) >= 11 is 0. The quantitative estimate of drug-likeness (QED) is 0.598. The zero-order chi connectivity index (χ0) is 17.5. The molecular formula is C21H28O3. The van der Waals surface area contributed by atoms with Crippen LogP contribution in [0.15, 0.2) is 35.9 Å². The second kappa shape index (κ2) is 5.94. The Kier molecular flexibility index (Phi) is 4.23. The molecule has 0 saturated heterocycles. The lowest BCUT2D eigenvalue weighted by atomic mass is 9.55. The summed E-state index contributed by atoms with van der Waals surface area (Å²) in [5, 5.41) is 0. The van der Waals surface area contributed by atoms with Gasteiger partial charge in [0, 0.05) is 19.3 Å². The third kappa shape index (κ3) is 2.97. The van der Waals surface area contributed by atoms with Crippen molar-refractivity contribution in [2.24, 2.45) is 11.3 Å². The molecule has 0 N–H and O–H groups in total. The van der Waals surface area contributed by atoms with Gasteiger partial charge in [-0.25, -0.2) is 0 Å². The van der Waals surface area contributed by atoms with E-state index < -0.39 is 0 Å². The summed E-state index contributed by atoms with van der Waals surface area (Å²) in [5.41, 5.74) is 3.00. The van der Waals surface area contributed by atoms with Gasteiger partial charge in [-0.15, -0.1) is 0 Å². The van der Waals surface area contributed by atoms with Gasteiger partial charge in [0.25, 0.3) is 0 Å². The van der Waals surface area contributed by atoms with Crippen LogP contribution in [0.2, 0.25) is 0 Å². The Morgan fingerprint density at radius 1 is 1.17 bits per heavy atom. The Balaban J connectivity index is 1.88. The molecule has 24 heavy (non-hydrogen) atoms.